The molecule has 3 aromatic heterocycles. The summed E-state index contributed by atoms with van der Waals surface area (Å²) in [6.45, 7) is 6.63. The first kappa shape index (κ1) is 17.4. The minimum absolute atomic E-state index is 0.207. The van der Waals surface area contributed by atoms with Crippen LogP contribution < -0.4 is 10.1 Å². The number of rotatable bonds is 5. The van der Waals surface area contributed by atoms with Gasteiger partial charge in [0.05, 0.1) is 28.6 Å². The first-order valence-corrected chi connectivity index (χ1v) is 9.55. The summed E-state index contributed by atoms with van der Waals surface area (Å²) in [6, 6.07) is 7.70. The molecule has 138 valence electrons. The molecular weight excluding hydrogens is 362 g/mol. The van der Waals surface area contributed by atoms with Crippen molar-refractivity contribution in [1.29, 1.82) is 0 Å². The molecule has 0 bridgehead atoms. The van der Waals surface area contributed by atoms with Crippen LogP contribution in [0, 0.1) is 0 Å². The summed E-state index contributed by atoms with van der Waals surface area (Å²) in [6.07, 6.45) is 3.30. The molecule has 0 saturated carbocycles. The van der Waals surface area contributed by atoms with Crippen molar-refractivity contribution in [2.75, 3.05) is 11.9 Å². The predicted octanol–water partition coefficient (Wildman–Crippen LogP) is 4.27. The van der Waals surface area contributed by atoms with Gasteiger partial charge in [-0.15, -0.1) is 0 Å². The number of hydrogen-bond acceptors (Lipinski definition) is 6. The summed E-state index contributed by atoms with van der Waals surface area (Å²) in [5.74, 6) is 0.550. The van der Waals surface area contributed by atoms with Crippen LogP contribution >= 0.6 is 11.3 Å². The Kier molecular flexibility index (Phi) is 4.49. The van der Waals surface area contributed by atoms with Crippen molar-refractivity contribution in [1.82, 2.24) is 19.7 Å². The quantitative estimate of drug-likeness (QED) is 0.558. The smallest absolute Gasteiger partial charge is 0.259 e. The molecule has 0 radical (unpaired) electrons. The van der Waals surface area contributed by atoms with Crippen LogP contribution in [-0.2, 0) is 0 Å². The van der Waals surface area contributed by atoms with Gasteiger partial charge in [0.2, 0.25) is 0 Å². The third-order valence-electron chi connectivity index (χ3n) is 4.08. The third-order valence-corrected chi connectivity index (χ3v) is 5.01. The number of ether oxygens (including phenoxy) is 1. The second-order valence-corrected chi connectivity index (χ2v) is 7.39. The maximum Gasteiger partial charge on any atom is 0.259 e. The summed E-state index contributed by atoms with van der Waals surface area (Å²) in [5, 5.41) is 8.56. The molecular formula is C19H19N5O2S. The maximum atomic E-state index is 12.6. The first-order chi connectivity index (χ1) is 13.0. The van der Waals surface area contributed by atoms with Crippen molar-refractivity contribution in [2.45, 2.75) is 26.8 Å². The number of aromatic nitrogens is 4. The fraction of sp³-hybridized carbons (Fsp3) is 0.263. The number of nitrogens with one attached hydrogen (secondary N) is 1. The maximum absolute atomic E-state index is 12.6. The van der Waals surface area contributed by atoms with Gasteiger partial charge < -0.3 is 4.74 Å². The molecule has 0 aliphatic carbocycles. The number of thiazole rings is 1. The Morgan fingerprint density at radius 1 is 1.30 bits per heavy atom. The van der Waals surface area contributed by atoms with Crippen LogP contribution in [0.5, 0.6) is 5.75 Å². The van der Waals surface area contributed by atoms with E-state index >= 15 is 0 Å². The summed E-state index contributed by atoms with van der Waals surface area (Å²) in [4.78, 5) is 21.5. The second kappa shape index (κ2) is 6.96. The monoisotopic (exact) mass is 381 g/mol. The number of hydrogen-bond donors (Lipinski definition) is 1. The Hall–Kier alpha value is -3.00. The second-order valence-electron chi connectivity index (χ2n) is 6.36. The molecule has 1 aromatic carbocycles. The Labute approximate surface area is 160 Å². The van der Waals surface area contributed by atoms with Gasteiger partial charge >= 0.3 is 0 Å². The number of nitrogens with zero attached hydrogens (tertiary/aromatic N) is 4. The van der Waals surface area contributed by atoms with Gasteiger partial charge in [-0.1, -0.05) is 11.3 Å². The number of fused-ring (bicyclic) bond motifs is 2. The van der Waals surface area contributed by atoms with E-state index in [0.29, 0.717) is 17.3 Å². The van der Waals surface area contributed by atoms with Crippen molar-refractivity contribution < 1.29 is 9.53 Å². The molecule has 1 amide bonds. The van der Waals surface area contributed by atoms with E-state index in [2.05, 4.69) is 20.4 Å². The first-order valence-electron chi connectivity index (χ1n) is 8.73. The molecule has 0 unspecified atom stereocenters. The average Bonchev–Trinajstić information content (AvgIpc) is 3.24. The lowest BCUT2D eigenvalue weighted by Crippen LogP contribution is -2.12. The van der Waals surface area contributed by atoms with Crippen LogP contribution in [0.3, 0.4) is 0 Å². The summed E-state index contributed by atoms with van der Waals surface area (Å²) in [5.41, 5.74) is 2.07. The standard InChI is InChI=1S/C19H19N5O2S/c1-4-26-14-5-6-15-16(8-14)27-19(22-15)23-18(25)13-7-12-10-21-24(11(2)3)17(12)20-9-13/h5-11H,4H2,1-3H3,(H,22,23,25). The largest absolute Gasteiger partial charge is 0.494 e. The number of carbonyl (C=O) groups excluding carboxylic acids is 1. The van der Waals surface area contributed by atoms with Crippen LogP contribution in [0.15, 0.2) is 36.7 Å². The highest BCUT2D eigenvalue weighted by molar-refractivity contribution is 7.22. The Morgan fingerprint density at radius 3 is 2.93 bits per heavy atom. The molecule has 0 aliphatic rings. The van der Waals surface area contributed by atoms with Gasteiger partial charge in [-0.25, -0.2) is 14.6 Å². The van der Waals surface area contributed by atoms with Crippen molar-refractivity contribution in [3.63, 3.8) is 0 Å². The van der Waals surface area contributed by atoms with E-state index in [0.717, 1.165) is 27.0 Å². The van der Waals surface area contributed by atoms with Crippen LogP contribution in [0.25, 0.3) is 21.3 Å². The van der Waals surface area contributed by atoms with Gasteiger partial charge in [-0.2, -0.15) is 5.10 Å². The molecule has 0 spiro atoms. The minimum atomic E-state index is -0.245. The van der Waals surface area contributed by atoms with E-state index in [1.165, 1.54) is 11.3 Å². The number of carbonyl (C=O) groups is 1. The lowest BCUT2D eigenvalue weighted by molar-refractivity contribution is 0.102. The van der Waals surface area contributed by atoms with E-state index in [1.807, 2.05) is 43.7 Å². The van der Waals surface area contributed by atoms with Gasteiger partial charge in [0, 0.05) is 17.6 Å². The predicted molar refractivity (Wildman–Crippen MR) is 107 cm³/mol. The molecule has 0 fully saturated rings. The van der Waals surface area contributed by atoms with Crippen LogP contribution in [0.1, 0.15) is 37.2 Å². The third kappa shape index (κ3) is 3.35. The number of pyridine rings is 1. The zero-order chi connectivity index (χ0) is 19.0. The van der Waals surface area contributed by atoms with E-state index in [9.17, 15) is 4.79 Å². The Balaban J connectivity index is 1.58. The van der Waals surface area contributed by atoms with Crippen molar-refractivity contribution >= 4 is 43.6 Å². The molecule has 0 aliphatic heterocycles. The van der Waals surface area contributed by atoms with Gasteiger partial charge in [0.25, 0.3) is 5.91 Å². The topological polar surface area (TPSA) is 81.9 Å². The molecule has 7 nitrogen and oxygen atoms in total. The molecule has 1 N–H and O–H groups in total. The van der Waals surface area contributed by atoms with Crippen LogP contribution in [0.4, 0.5) is 5.13 Å². The SMILES string of the molecule is CCOc1ccc2nc(NC(=O)c3cnc4c(cnn4C(C)C)c3)sc2c1. The summed E-state index contributed by atoms with van der Waals surface area (Å²) in [7, 11) is 0. The van der Waals surface area contributed by atoms with Gasteiger partial charge in [0.1, 0.15) is 5.75 Å². The molecule has 3 heterocycles. The van der Waals surface area contributed by atoms with E-state index < -0.39 is 0 Å². The van der Waals surface area contributed by atoms with Crippen LogP contribution in [-0.4, -0.2) is 32.3 Å². The van der Waals surface area contributed by atoms with Gasteiger partial charge in [-0.05, 0) is 45.0 Å². The summed E-state index contributed by atoms with van der Waals surface area (Å²) < 4.78 is 8.30. The fourth-order valence-corrected chi connectivity index (χ4v) is 3.72. The lowest BCUT2D eigenvalue weighted by Gasteiger charge is -2.06. The van der Waals surface area contributed by atoms with Crippen molar-refractivity contribution in [3.05, 3.63) is 42.2 Å². The highest BCUT2D eigenvalue weighted by Gasteiger charge is 2.14. The number of anilines is 1. The normalized spacial score (nSPS) is 11.4. The molecule has 4 aromatic rings. The zero-order valence-corrected chi connectivity index (χ0v) is 16.1. The molecule has 4 rings (SSSR count). The molecule has 0 atom stereocenters. The Bertz CT molecular complexity index is 1130. The van der Waals surface area contributed by atoms with Crippen molar-refractivity contribution in [3.8, 4) is 5.75 Å². The fourth-order valence-electron chi connectivity index (χ4n) is 2.83. The van der Waals surface area contributed by atoms with Crippen molar-refractivity contribution in [2.24, 2.45) is 0 Å². The van der Waals surface area contributed by atoms with E-state index in [1.54, 1.807) is 18.5 Å². The zero-order valence-electron chi connectivity index (χ0n) is 15.3. The van der Waals surface area contributed by atoms with Gasteiger partial charge in [0.15, 0.2) is 10.8 Å². The number of amides is 1. The minimum Gasteiger partial charge on any atom is -0.494 e. The number of benzene rings is 1. The molecule has 8 heteroatoms. The summed E-state index contributed by atoms with van der Waals surface area (Å²) >= 11 is 1.41. The Morgan fingerprint density at radius 2 is 2.15 bits per heavy atom. The highest BCUT2D eigenvalue weighted by Crippen LogP contribution is 2.29. The molecule has 0 saturated heterocycles. The average molecular weight is 381 g/mol. The van der Waals surface area contributed by atoms with Gasteiger partial charge in [-0.3, -0.25) is 10.1 Å². The highest BCUT2D eigenvalue weighted by atomic mass is 32.1. The molecule has 27 heavy (non-hydrogen) atoms. The van der Waals surface area contributed by atoms with E-state index in [4.69, 9.17) is 4.74 Å². The lowest BCUT2D eigenvalue weighted by atomic mass is 10.2. The van der Waals surface area contributed by atoms with Crippen LogP contribution in [0.2, 0.25) is 0 Å². The van der Waals surface area contributed by atoms with E-state index in [-0.39, 0.29) is 11.9 Å².